The molecule has 6 nitrogen and oxygen atoms in total. The molecule has 2 aromatic rings. The van der Waals surface area contributed by atoms with E-state index in [1.54, 1.807) is 0 Å². The van der Waals surface area contributed by atoms with E-state index in [1.807, 2.05) is 13.0 Å². The molecule has 0 atom stereocenters. The Bertz CT molecular complexity index is 914. The second-order valence-electron chi connectivity index (χ2n) is 8.19. The van der Waals surface area contributed by atoms with Crippen LogP contribution in [-0.4, -0.2) is 51.0 Å². The predicted octanol–water partition coefficient (Wildman–Crippen LogP) is 3.03. The maximum atomic E-state index is 11.4. The fraction of sp³-hybridized carbons (Fsp3) is 0.571. The molecule has 1 aromatic carbocycles. The van der Waals surface area contributed by atoms with Crippen molar-refractivity contribution in [2.45, 2.75) is 40.5 Å². The minimum Gasteiger partial charge on any atom is -0.358 e. The molecule has 1 heterocycles. The highest BCUT2D eigenvalue weighted by Crippen LogP contribution is 2.22. The summed E-state index contributed by atoms with van der Waals surface area (Å²) in [4.78, 5) is 8.12. The molecule has 0 saturated carbocycles. The van der Waals surface area contributed by atoms with E-state index >= 15 is 0 Å². The second-order valence-corrected chi connectivity index (χ2v) is 10.4. The van der Waals surface area contributed by atoms with Crippen molar-refractivity contribution in [3.8, 4) is 0 Å². The number of para-hydroxylation sites is 1. The lowest BCUT2D eigenvalue weighted by molar-refractivity contribution is 0.365. The molecule has 0 unspecified atom stereocenters. The van der Waals surface area contributed by atoms with Crippen LogP contribution in [0.15, 0.2) is 29.3 Å². The molecule has 3 N–H and O–H groups in total. The minimum atomic E-state index is -2.95. The molecule has 2 rings (SSSR count). The third-order valence-electron chi connectivity index (χ3n) is 4.85. The van der Waals surface area contributed by atoms with Gasteiger partial charge in [0.15, 0.2) is 5.96 Å². The smallest absolute Gasteiger partial charge is 0.191 e. The van der Waals surface area contributed by atoms with E-state index in [9.17, 15) is 8.42 Å². The van der Waals surface area contributed by atoms with Gasteiger partial charge in [0.25, 0.3) is 0 Å². The van der Waals surface area contributed by atoms with Gasteiger partial charge in [0.1, 0.15) is 9.84 Å². The summed E-state index contributed by atoms with van der Waals surface area (Å²) in [6, 6.07) is 8.36. The fourth-order valence-corrected chi connectivity index (χ4v) is 4.06. The third kappa shape index (κ3) is 6.86. The Balaban J connectivity index is 1.96. The van der Waals surface area contributed by atoms with Crippen molar-refractivity contribution in [2.75, 3.05) is 31.6 Å². The van der Waals surface area contributed by atoms with Crippen molar-refractivity contribution in [3.63, 3.8) is 0 Å². The van der Waals surface area contributed by atoms with Crippen LogP contribution in [0.25, 0.3) is 10.9 Å². The predicted molar refractivity (Wildman–Crippen MR) is 119 cm³/mol. The molecule has 1 aromatic heterocycles. The topological polar surface area (TPSA) is 86.3 Å². The van der Waals surface area contributed by atoms with Gasteiger partial charge in [-0.1, -0.05) is 32.0 Å². The number of nitrogens with zero attached hydrogens (tertiary/aromatic N) is 1. The molecule has 0 saturated heterocycles. The average molecular weight is 407 g/mol. The summed E-state index contributed by atoms with van der Waals surface area (Å²) in [5, 5.41) is 7.94. The Hall–Kier alpha value is -2.02. The molecule has 0 amide bonds. The Labute approximate surface area is 169 Å². The highest BCUT2D eigenvalue weighted by molar-refractivity contribution is 7.90. The second kappa shape index (κ2) is 9.45. The molecule has 0 bridgehead atoms. The maximum Gasteiger partial charge on any atom is 0.191 e. The molecule has 0 aliphatic carbocycles. The number of sulfone groups is 1. The van der Waals surface area contributed by atoms with E-state index in [1.165, 1.54) is 28.4 Å². The van der Waals surface area contributed by atoms with Crippen molar-refractivity contribution in [1.29, 1.82) is 0 Å². The van der Waals surface area contributed by atoms with Gasteiger partial charge in [-0.15, -0.1) is 0 Å². The number of H-pyrrole nitrogens is 1. The van der Waals surface area contributed by atoms with Gasteiger partial charge in [-0.3, -0.25) is 4.99 Å². The first-order valence-electron chi connectivity index (χ1n) is 9.87. The molecular formula is C21H34N4O2S. The fourth-order valence-electron chi connectivity index (χ4n) is 3.14. The van der Waals surface area contributed by atoms with Crippen LogP contribution in [-0.2, 0) is 16.3 Å². The van der Waals surface area contributed by atoms with Crippen LogP contribution in [0.4, 0.5) is 0 Å². The summed E-state index contributed by atoms with van der Waals surface area (Å²) in [5.74, 6) is 0.965. The SMILES string of the molecule is CCNC(=NCC(C)(C)CCS(C)(=O)=O)NCCc1c(C)[nH]c2ccccc12. The normalized spacial score (nSPS) is 13.1. The molecule has 0 aliphatic rings. The number of rotatable bonds is 9. The molecule has 0 radical (unpaired) electrons. The third-order valence-corrected chi connectivity index (χ3v) is 5.80. The summed E-state index contributed by atoms with van der Waals surface area (Å²) in [6.07, 6.45) is 2.78. The summed E-state index contributed by atoms with van der Waals surface area (Å²) in [7, 11) is -2.95. The zero-order chi connectivity index (χ0) is 20.8. The molecule has 7 heteroatoms. The van der Waals surface area contributed by atoms with E-state index in [4.69, 9.17) is 0 Å². The zero-order valence-corrected chi connectivity index (χ0v) is 18.5. The number of nitrogens with one attached hydrogen (secondary N) is 3. The Kier molecular flexibility index (Phi) is 7.52. The van der Waals surface area contributed by atoms with E-state index in [2.05, 4.69) is 59.6 Å². The number of aryl methyl sites for hydroxylation is 1. The highest BCUT2D eigenvalue weighted by Gasteiger charge is 2.20. The van der Waals surface area contributed by atoms with Gasteiger partial charge in [0.2, 0.25) is 0 Å². The van der Waals surface area contributed by atoms with Crippen LogP contribution in [0.1, 0.15) is 38.4 Å². The quantitative estimate of drug-likeness (QED) is 0.441. The van der Waals surface area contributed by atoms with Crippen LogP contribution in [0, 0.1) is 12.3 Å². The molecule has 0 spiro atoms. The first kappa shape index (κ1) is 22.3. The zero-order valence-electron chi connectivity index (χ0n) is 17.7. The van der Waals surface area contributed by atoms with Gasteiger partial charge in [-0.05, 0) is 43.7 Å². The van der Waals surface area contributed by atoms with Crippen LogP contribution in [0.2, 0.25) is 0 Å². The van der Waals surface area contributed by atoms with Gasteiger partial charge in [0, 0.05) is 42.5 Å². The van der Waals surface area contributed by atoms with Gasteiger partial charge in [-0.2, -0.15) is 0 Å². The van der Waals surface area contributed by atoms with E-state index < -0.39 is 9.84 Å². The number of fused-ring (bicyclic) bond motifs is 1. The van der Waals surface area contributed by atoms with Crippen molar-refractivity contribution in [1.82, 2.24) is 15.6 Å². The summed E-state index contributed by atoms with van der Waals surface area (Å²) >= 11 is 0. The largest absolute Gasteiger partial charge is 0.358 e. The van der Waals surface area contributed by atoms with E-state index in [-0.39, 0.29) is 11.2 Å². The Morgan fingerprint density at radius 3 is 2.61 bits per heavy atom. The van der Waals surface area contributed by atoms with Crippen molar-refractivity contribution < 1.29 is 8.42 Å². The van der Waals surface area contributed by atoms with Crippen molar-refractivity contribution >= 4 is 26.7 Å². The highest BCUT2D eigenvalue weighted by atomic mass is 32.2. The van der Waals surface area contributed by atoms with E-state index in [0.29, 0.717) is 13.0 Å². The molecule has 0 aliphatic heterocycles. The first-order chi connectivity index (χ1) is 13.1. The number of guanidine groups is 1. The average Bonchev–Trinajstić information content (AvgIpc) is 2.93. The minimum absolute atomic E-state index is 0.168. The Morgan fingerprint density at radius 1 is 1.21 bits per heavy atom. The standard InChI is InChI=1S/C21H34N4O2S/c1-6-22-20(24-15-21(3,4)12-14-28(5,26)27)23-13-11-17-16(2)25-19-10-8-7-9-18(17)19/h7-10,25H,6,11-15H2,1-5H3,(H2,22,23,24). The summed E-state index contributed by atoms with van der Waals surface area (Å²) < 4.78 is 22.9. The van der Waals surface area contributed by atoms with Gasteiger partial charge < -0.3 is 15.6 Å². The van der Waals surface area contributed by atoms with Gasteiger partial charge >= 0.3 is 0 Å². The number of hydrogen-bond donors (Lipinski definition) is 3. The maximum absolute atomic E-state index is 11.4. The number of benzene rings is 1. The lowest BCUT2D eigenvalue weighted by atomic mass is 9.90. The summed E-state index contributed by atoms with van der Waals surface area (Å²) in [6.45, 7) is 10.4. The van der Waals surface area contributed by atoms with Gasteiger partial charge in [-0.25, -0.2) is 8.42 Å². The van der Waals surface area contributed by atoms with Crippen LogP contribution < -0.4 is 10.6 Å². The summed E-state index contributed by atoms with van der Waals surface area (Å²) in [5.41, 5.74) is 3.53. The molecule has 28 heavy (non-hydrogen) atoms. The first-order valence-corrected chi connectivity index (χ1v) is 11.9. The van der Waals surface area contributed by atoms with Gasteiger partial charge in [0.05, 0.1) is 5.75 Å². The van der Waals surface area contributed by atoms with E-state index in [0.717, 1.165) is 25.5 Å². The van der Waals surface area contributed by atoms with Crippen LogP contribution in [0.5, 0.6) is 0 Å². The lowest BCUT2D eigenvalue weighted by Crippen LogP contribution is -2.39. The molecule has 0 fully saturated rings. The van der Waals surface area contributed by atoms with Crippen molar-refractivity contribution in [3.05, 3.63) is 35.5 Å². The number of hydrogen-bond acceptors (Lipinski definition) is 3. The Morgan fingerprint density at radius 2 is 1.93 bits per heavy atom. The lowest BCUT2D eigenvalue weighted by Gasteiger charge is -2.22. The van der Waals surface area contributed by atoms with Crippen LogP contribution >= 0.6 is 0 Å². The van der Waals surface area contributed by atoms with Crippen molar-refractivity contribution in [2.24, 2.45) is 10.4 Å². The number of aliphatic imine (C=N–C) groups is 1. The van der Waals surface area contributed by atoms with Crippen LogP contribution in [0.3, 0.4) is 0 Å². The monoisotopic (exact) mass is 406 g/mol. The number of aromatic amines is 1. The number of aromatic nitrogens is 1. The molecule has 156 valence electrons. The molecular weight excluding hydrogens is 372 g/mol.